The van der Waals surface area contributed by atoms with Crippen LogP contribution >= 0.6 is 0 Å². The summed E-state index contributed by atoms with van der Waals surface area (Å²) in [6.45, 7) is 11.1. The van der Waals surface area contributed by atoms with Crippen LogP contribution in [-0.4, -0.2) is 9.97 Å². The fourth-order valence-electron chi connectivity index (χ4n) is 4.22. The molecule has 0 bridgehead atoms. The number of aromatic nitrogens is 2. The minimum Gasteiger partial charge on any atom is -0.438 e. The van der Waals surface area contributed by atoms with Gasteiger partial charge in [-0.2, -0.15) is 0 Å². The summed E-state index contributed by atoms with van der Waals surface area (Å²) in [6.07, 6.45) is 1.90. The molecule has 0 fully saturated rings. The Morgan fingerprint density at radius 1 is 0.719 bits per heavy atom. The number of fused-ring (bicyclic) bond motifs is 3. The molecule has 3 aromatic heterocycles. The van der Waals surface area contributed by atoms with E-state index in [1.165, 1.54) is 11.1 Å². The summed E-state index contributed by atoms with van der Waals surface area (Å²) < 4.78 is 6.16. The number of hydrogen-bond acceptors (Lipinski definition) is 3. The van der Waals surface area contributed by atoms with Crippen molar-refractivity contribution >= 4 is 22.1 Å². The molecule has 0 aliphatic rings. The van der Waals surface area contributed by atoms with E-state index in [4.69, 9.17) is 9.40 Å². The third kappa shape index (κ3) is 3.48. The maximum absolute atomic E-state index is 6.16. The molecule has 0 amide bonds. The lowest BCUT2D eigenvalue weighted by atomic mass is 9.81. The summed E-state index contributed by atoms with van der Waals surface area (Å²) in [6, 6.07) is 25.3. The van der Waals surface area contributed by atoms with Gasteiger partial charge in [0.1, 0.15) is 5.58 Å². The van der Waals surface area contributed by atoms with Gasteiger partial charge in [-0.15, -0.1) is 0 Å². The molecule has 0 spiro atoms. The van der Waals surface area contributed by atoms with Gasteiger partial charge in [-0.25, -0.2) is 4.98 Å². The highest BCUT2D eigenvalue weighted by molar-refractivity contribution is 6.05. The second-order valence-electron chi connectivity index (χ2n) is 10.0. The average molecular weight is 421 g/mol. The highest BCUT2D eigenvalue weighted by Gasteiger charge is 2.25. The fraction of sp³-hybridized carbons (Fsp3) is 0.241. The maximum atomic E-state index is 6.16. The summed E-state index contributed by atoms with van der Waals surface area (Å²) in [7, 11) is 0. The van der Waals surface area contributed by atoms with Crippen LogP contribution in [-0.2, 0) is 10.8 Å². The summed E-state index contributed by atoms with van der Waals surface area (Å²) in [5.74, 6) is 0. The Morgan fingerprint density at radius 2 is 1.50 bits per heavy atom. The Kier molecular flexibility index (Phi) is 4.67. The fourth-order valence-corrected chi connectivity index (χ4v) is 4.22. The van der Waals surface area contributed by atoms with Crippen LogP contribution < -0.4 is 0 Å². The number of hydrogen-bond donors (Lipinski definition) is 0. The SMILES string of the molecule is CC(C)(C)c1ccnc(-c2ccc3oc4nc(C(C)(C)c5ccccc5)ccc4c3c2)c1. The van der Waals surface area contributed by atoms with Crippen LogP contribution in [0.1, 0.15) is 51.4 Å². The molecule has 5 rings (SSSR count). The first-order valence-corrected chi connectivity index (χ1v) is 11.1. The lowest BCUT2D eigenvalue weighted by molar-refractivity contribution is 0.589. The quantitative estimate of drug-likeness (QED) is 0.301. The van der Waals surface area contributed by atoms with E-state index in [0.717, 1.165) is 33.3 Å². The minimum atomic E-state index is -0.211. The summed E-state index contributed by atoms with van der Waals surface area (Å²) in [5.41, 5.74) is 6.95. The number of rotatable bonds is 3. The van der Waals surface area contributed by atoms with E-state index < -0.39 is 0 Å². The van der Waals surface area contributed by atoms with E-state index in [1.807, 2.05) is 18.3 Å². The van der Waals surface area contributed by atoms with Gasteiger partial charge in [-0.05, 0) is 59.0 Å². The number of benzene rings is 2. The van der Waals surface area contributed by atoms with Crippen LogP contribution in [0.5, 0.6) is 0 Å². The van der Waals surface area contributed by atoms with E-state index in [9.17, 15) is 0 Å². The van der Waals surface area contributed by atoms with E-state index in [-0.39, 0.29) is 10.8 Å². The van der Waals surface area contributed by atoms with Crippen molar-refractivity contribution in [1.82, 2.24) is 9.97 Å². The van der Waals surface area contributed by atoms with Crippen LogP contribution in [0.15, 0.2) is 83.4 Å². The van der Waals surface area contributed by atoms with Gasteiger partial charge in [0.05, 0.1) is 11.4 Å². The monoisotopic (exact) mass is 420 g/mol. The first-order valence-electron chi connectivity index (χ1n) is 11.1. The number of pyridine rings is 2. The standard InChI is InChI=1S/C29H28N2O/c1-28(2,3)21-15-16-30-24(18-21)19-11-13-25-23(17-19)22-12-14-26(31-27(22)32-25)29(4,5)20-9-7-6-8-10-20/h6-18H,1-5H3. The second-order valence-corrected chi connectivity index (χ2v) is 10.0. The Balaban J connectivity index is 1.60. The molecule has 0 N–H and O–H groups in total. The molecule has 32 heavy (non-hydrogen) atoms. The lowest BCUT2D eigenvalue weighted by Crippen LogP contribution is -2.20. The molecule has 0 aliphatic carbocycles. The van der Waals surface area contributed by atoms with E-state index in [2.05, 4.69) is 100 Å². The average Bonchev–Trinajstić information content (AvgIpc) is 3.16. The van der Waals surface area contributed by atoms with Gasteiger partial charge in [0.15, 0.2) is 0 Å². The normalized spacial score (nSPS) is 12.5. The largest absolute Gasteiger partial charge is 0.438 e. The van der Waals surface area contributed by atoms with E-state index in [1.54, 1.807) is 0 Å². The van der Waals surface area contributed by atoms with Crippen molar-refractivity contribution in [3.05, 3.63) is 95.8 Å². The molecular weight excluding hydrogens is 392 g/mol. The van der Waals surface area contributed by atoms with Gasteiger partial charge in [-0.3, -0.25) is 4.98 Å². The summed E-state index contributed by atoms with van der Waals surface area (Å²) in [5, 5.41) is 2.10. The van der Waals surface area contributed by atoms with Crippen LogP contribution in [0.3, 0.4) is 0 Å². The van der Waals surface area contributed by atoms with Crippen molar-refractivity contribution in [2.45, 2.75) is 45.4 Å². The molecule has 3 nitrogen and oxygen atoms in total. The highest BCUT2D eigenvalue weighted by atomic mass is 16.3. The van der Waals surface area contributed by atoms with Crippen molar-refractivity contribution in [3.8, 4) is 11.3 Å². The maximum Gasteiger partial charge on any atom is 0.227 e. The van der Waals surface area contributed by atoms with Crippen molar-refractivity contribution < 1.29 is 4.42 Å². The topological polar surface area (TPSA) is 38.9 Å². The number of nitrogens with zero attached hydrogens (tertiary/aromatic N) is 2. The molecule has 0 unspecified atom stereocenters. The third-order valence-corrected chi connectivity index (χ3v) is 6.39. The molecule has 0 radical (unpaired) electrons. The smallest absolute Gasteiger partial charge is 0.227 e. The first kappa shape index (κ1) is 20.4. The predicted octanol–water partition coefficient (Wildman–Crippen LogP) is 7.67. The van der Waals surface area contributed by atoms with Crippen LogP contribution in [0.4, 0.5) is 0 Å². The first-order chi connectivity index (χ1) is 15.2. The molecule has 0 aliphatic heterocycles. The van der Waals surface area contributed by atoms with Crippen molar-refractivity contribution in [2.75, 3.05) is 0 Å². The predicted molar refractivity (Wildman–Crippen MR) is 132 cm³/mol. The zero-order chi connectivity index (χ0) is 22.5. The molecule has 0 saturated carbocycles. The molecular formula is C29H28N2O. The molecule has 5 aromatic rings. The van der Waals surface area contributed by atoms with E-state index >= 15 is 0 Å². The molecule has 3 heteroatoms. The Hall–Kier alpha value is -3.46. The molecule has 3 heterocycles. The van der Waals surface area contributed by atoms with Gasteiger partial charge in [0.25, 0.3) is 0 Å². The van der Waals surface area contributed by atoms with E-state index in [0.29, 0.717) is 5.71 Å². The van der Waals surface area contributed by atoms with Crippen molar-refractivity contribution in [2.24, 2.45) is 0 Å². The Bertz CT molecular complexity index is 1420. The van der Waals surface area contributed by atoms with Crippen LogP contribution in [0, 0.1) is 0 Å². The van der Waals surface area contributed by atoms with Gasteiger partial charge in [-0.1, -0.05) is 65.0 Å². The van der Waals surface area contributed by atoms with Gasteiger partial charge in [0, 0.05) is 27.9 Å². The minimum absolute atomic E-state index is 0.0794. The Labute approximate surface area is 189 Å². The molecule has 0 saturated heterocycles. The Morgan fingerprint density at radius 3 is 2.25 bits per heavy atom. The van der Waals surface area contributed by atoms with Crippen molar-refractivity contribution in [1.29, 1.82) is 0 Å². The number of furan rings is 1. The van der Waals surface area contributed by atoms with Crippen molar-refractivity contribution in [3.63, 3.8) is 0 Å². The van der Waals surface area contributed by atoms with Crippen LogP contribution in [0.25, 0.3) is 33.3 Å². The zero-order valence-electron chi connectivity index (χ0n) is 19.3. The lowest BCUT2D eigenvalue weighted by Gasteiger charge is -2.24. The third-order valence-electron chi connectivity index (χ3n) is 6.39. The summed E-state index contributed by atoms with van der Waals surface area (Å²) >= 11 is 0. The zero-order valence-corrected chi connectivity index (χ0v) is 19.3. The second kappa shape index (κ2) is 7.30. The molecule has 0 atom stereocenters. The van der Waals surface area contributed by atoms with Gasteiger partial charge >= 0.3 is 0 Å². The summed E-state index contributed by atoms with van der Waals surface area (Å²) in [4.78, 5) is 9.56. The molecule has 2 aromatic carbocycles. The van der Waals surface area contributed by atoms with Crippen LogP contribution in [0.2, 0.25) is 0 Å². The molecule has 160 valence electrons. The van der Waals surface area contributed by atoms with Gasteiger partial charge in [0.2, 0.25) is 5.71 Å². The highest BCUT2D eigenvalue weighted by Crippen LogP contribution is 2.35. The van der Waals surface area contributed by atoms with Gasteiger partial charge < -0.3 is 4.42 Å².